The van der Waals surface area contributed by atoms with Crippen LogP contribution in [0.4, 0.5) is 0 Å². The van der Waals surface area contributed by atoms with Crippen LogP contribution in [0.1, 0.15) is 29.8 Å². The molecule has 0 atom stereocenters. The van der Waals surface area contributed by atoms with E-state index < -0.39 is 0 Å². The van der Waals surface area contributed by atoms with Crippen molar-refractivity contribution in [2.75, 3.05) is 6.54 Å². The van der Waals surface area contributed by atoms with Gasteiger partial charge in [-0.25, -0.2) is 0 Å². The summed E-state index contributed by atoms with van der Waals surface area (Å²) in [5.41, 5.74) is 6.89. The van der Waals surface area contributed by atoms with Crippen molar-refractivity contribution in [3.63, 3.8) is 0 Å². The molecule has 0 saturated heterocycles. The Morgan fingerprint density at radius 3 is 2.61 bits per heavy atom. The molecule has 0 aliphatic carbocycles. The highest BCUT2D eigenvalue weighted by molar-refractivity contribution is 7.80. The molecule has 0 fully saturated rings. The molecule has 0 heterocycles. The third-order valence-electron chi connectivity index (χ3n) is 2.71. The highest BCUT2D eigenvalue weighted by atomic mass is 35.5. The molecule has 0 aromatic heterocycles. The molecule has 18 heavy (non-hydrogen) atoms. The third kappa shape index (κ3) is 3.43. The minimum atomic E-state index is -0.0993. The quantitative estimate of drug-likeness (QED) is 0.865. The maximum atomic E-state index is 12.4. The first kappa shape index (κ1) is 14.9. The van der Waals surface area contributed by atoms with Crippen LogP contribution >= 0.6 is 23.8 Å². The van der Waals surface area contributed by atoms with E-state index in [0.29, 0.717) is 15.6 Å². The van der Waals surface area contributed by atoms with E-state index in [9.17, 15) is 4.79 Å². The van der Waals surface area contributed by atoms with E-state index >= 15 is 0 Å². The second kappa shape index (κ2) is 6.16. The molecule has 2 N–H and O–H groups in total. The second-order valence-corrected chi connectivity index (χ2v) is 5.34. The number of nitrogens with zero attached hydrogens (tertiary/aromatic N) is 1. The molecule has 3 nitrogen and oxygen atoms in total. The number of carbonyl (C=O) groups excluding carboxylic acids is 1. The van der Waals surface area contributed by atoms with E-state index in [0.717, 1.165) is 5.56 Å². The predicted octanol–water partition coefficient (Wildman–Crippen LogP) is 2.79. The Hall–Kier alpha value is -1.13. The fourth-order valence-corrected chi connectivity index (χ4v) is 1.96. The summed E-state index contributed by atoms with van der Waals surface area (Å²) in [5, 5.41) is 0.583. The SMILES string of the molecule is Cc1c(Cl)cccc1C(=O)N(CC(N)=S)C(C)C. The van der Waals surface area contributed by atoms with Crippen molar-refractivity contribution in [2.24, 2.45) is 5.73 Å². The van der Waals surface area contributed by atoms with Crippen LogP contribution in [-0.2, 0) is 0 Å². The van der Waals surface area contributed by atoms with Gasteiger partial charge < -0.3 is 10.6 Å². The average molecular weight is 285 g/mol. The van der Waals surface area contributed by atoms with Crippen molar-refractivity contribution >= 4 is 34.7 Å². The summed E-state index contributed by atoms with van der Waals surface area (Å²) in [7, 11) is 0. The van der Waals surface area contributed by atoms with E-state index in [1.54, 1.807) is 23.1 Å². The van der Waals surface area contributed by atoms with Crippen LogP contribution in [0.5, 0.6) is 0 Å². The van der Waals surface area contributed by atoms with Crippen LogP contribution in [0.15, 0.2) is 18.2 Å². The Morgan fingerprint density at radius 1 is 1.50 bits per heavy atom. The summed E-state index contributed by atoms with van der Waals surface area (Å²) >= 11 is 10.9. The molecule has 1 aromatic carbocycles. The van der Waals surface area contributed by atoms with Crippen molar-refractivity contribution in [2.45, 2.75) is 26.8 Å². The van der Waals surface area contributed by atoms with E-state index in [4.69, 9.17) is 29.6 Å². The number of thiocarbonyl (C=S) groups is 1. The summed E-state index contributed by atoms with van der Waals surface area (Å²) in [5.74, 6) is -0.0993. The van der Waals surface area contributed by atoms with Gasteiger partial charge in [0.2, 0.25) is 0 Å². The highest BCUT2D eigenvalue weighted by Gasteiger charge is 2.21. The number of hydrogen-bond donors (Lipinski definition) is 1. The van der Waals surface area contributed by atoms with Gasteiger partial charge in [0, 0.05) is 16.6 Å². The Bertz CT molecular complexity index is 474. The van der Waals surface area contributed by atoms with Crippen LogP contribution < -0.4 is 5.73 Å². The Kier molecular flexibility index (Phi) is 5.11. The van der Waals surface area contributed by atoms with Gasteiger partial charge in [0.25, 0.3) is 5.91 Å². The Morgan fingerprint density at radius 2 is 2.11 bits per heavy atom. The van der Waals surface area contributed by atoms with Gasteiger partial charge in [-0.15, -0.1) is 0 Å². The largest absolute Gasteiger partial charge is 0.392 e. The van der Waals surface area contributed by atoms with Gasteiger partial charge in [0.1, 0.15) is 0 Å². The lowest BCUT2D eigenvalue weighted by atomic mass is 10.1. The first-order valence-electron chi connectivity index (χ1n) is 5.69. The van der Waals surface area contributed by atoms with Crippen LogP contribution in [0.25, 0.3) is 0 Å². The molecule has 1 rings (SSSR count). The van der Waals surface area contributed by atoms with E-state index in [2.05, 4.69) is 0 Å². The van der Waals surface area contributed by atoms with Gasteiger partial charge in [-0.05, 0) is 38.5 Å². The smallest absolute Gasteiger partial charge is 0.254 e. The van der Waals surface area contributed by atoms with E-state index in [1.165, 1.54) is 0 Å². The zero-order chi connectivity index (χ0) is 13.9. The van der Waals surface area contributed by atoms with Crippen LogP contribution in [0, 0.1) is 6.92 Å². The number of amides is 1. The highest BCUT2D eigenvalue weighted by Crippen LogP contribution is 2.20. The number of halogens is 1. The zero-order valence-electron chi connectivity index (χ0n) is 10.7. The molecule has 5 heteroatoms. The van der Waals surface area contributed by atoms with E-state index in [-0.39, 0.29) is 18.5 Å². The fraction of sp³-hybridized carbons (Fsp3) is 0.385. The first-order chi connectivity index (χ1) is 8.34. The molecule has 1 aromatic rings. The minimum Gasteiger partial charge on any atom is -0.392 e. The molecule has 0 radical (unpaired) electrons. The van der Waals surface area contributed by atoms with Crippen molar-refractivity contribution in [1.29, 1.82) is 0 Å². The molecular weight excluding hydrogens is 268 g/mol. The molecule has 0 bridgehead atoms. The lowest BCUT2D eigenvalue weighted by molar-refractivity contribution is 0.0735. The summed E-state index contributed by atoms with van der Waals surface area (Å²) in [6.07, 6.45) is 0. The zero-order valence-corrected chi connectivity index (χ0v) is 12.3. The first-order valence-corrected chi connectivity index (χ1v) is 6.47. The summed E-state index contributed by atoms with van der Waals surface area (Å²) in [4.78, 5) is 14.4. The number of hydrogen-bond acceptors (Lipinski definition) is 2. The lowest BCUT2D eigenvalue weighted by Gasteiger charge is -2.27. The number of nitrogens with two attached hydrogens (primary N) is 1. The molecule has 0 saturated carbocycles. The number of carbonyl (C=O) groups is 1. The van der Waals surface area contributed by atoms with Crippen LogP contribution in [-0.4, -0.2) is 28.4 Å². The Labute approximate surface area is 118 Å². The normalized spacial score (nSPS) is 10.5. The summed E-state index contributed by atoms with van der Waals surface area (Å²) in [6, 6.07) is 5.32. The number of benzene rings is 1. The second-order valence-electron chi connectivity index (χ2n) is 4.41. The van der Waals surface area contributed by atoms with E-state index in [1.807, 2.05) is 20.8 Å². The third-order valence-corrected chi connectivity index (χ3v) is 3.25. The van der Waals surface area contributed by atoms with Gasteiger partial charge in [0.15, 0.2) is 0 Å². The topological polar surface area (TPSA) is 46.3 Å². The van der Waals surface area contributed by atoms with Gasteiger partial charge >= 0.3 is 0 Å². The minimum absolute atomic E-state index is 0.0254. The van der Waals surface area contributed by atoms with Crippen molar-refractivity contribution in [1.82, 2.24) is 4.90 Å². The summed E-state index contributed by atoms with van der Waals surface area (Å²) < 4.78 is 0. The van der Waals surface area contributed by atoms with Gasteiger partial charge in [-0.1, -0.05) is 29.9 Å². The molecule has 0 spiro atoms. The maximum absolute atomic E-state index is 12.4. The Balaban J connectivity index is 3.10. The predicted molar refractivity (Wildman–Crippen MR) is 79.1 cm³/mol. The van der Waals surface area contributed by atoms with Crippen LogP contribution in [0.3, 0.4) is 0 Å². The maximum Gasteiger partial charge on any atom is 0.254 e. The van der Waals surface area contributed by atoms with Crippen molar-refractivity contribution in [3.05, 3.63) is 34.3 Å². The molecule has 1 amide bonds. The van der Waals surface area contributed by atoms with Crippen molar-refractivity contribution < 1.29 is 4.79 Å². The fourth-order valence-electron chi connectivity index (χ4n) is 1.65. The van der Waals surface area contributed by atoms with Gasteiger partial charge in [-0.3, -0.25) is 4.79 Å². The van der Waals surface area contributed by atoms with Gasteiger partial charge in [-0.2, -0.15) is 0 Å². The van der Waals surface area contributed by atoms with Gasteiger partial charge in [0.05, 0.1) is 11.5 Å². The molecule has 98 valence electrons. The molecule has 0 aliphatic heterocycles. The summed E-state index contributed by atoms with van der Waals surface area (Å²) in [6.45, 7) is 5.96. The molecule has 0 aliphatic rings. The molecule has 0 unspecified atom stereocenters. The van der Waals surface area contributed by atoms with Crippen LogP contribution in [0.2, 0.25) is 5.02 Å². The molecular formula is C13H17ClN2OS. The average Bonchev–Trinajstić information content (AvgIpc) is 2.28. The lowest BCUT2D eigenvalue weighted by Crippen LogP contribution is -2.42. The number of rotatable bonds is 4. The monoisotopic (exact) mass is 284 g/mol. The standard InChI is InChI=1S/C13H17ClN2OS/c1-8(2)16(7-12(15)18)13(17)10-5-4-6-11(14)9(10)3/h4-6,8H,7H2,1-3H3,(H2,15,18). The van der Waals surface area contributed by atoms with Crippen molar-refractivity contribution in [3.8, 4) is 0 Å².